The van der Waals surface area contributed by atoms with Gasteiger partial charge in [0.05, 0.1) is 6.54 Å². The molecule has 2 aromatic rings. The number of nitrogens with two attached hydrogens (primary N) is 1. The van der Waals surface area contributed by atoms with Gasteiger partial charge in [-0.05, 0) is 12.1 Å². The number of hydrogen-bond acceptors (Lipinski definition) is 4. The summed E-state index contributed by atoms with van der Waals surface area (Å²) in [5.74, 6) is 6.02. The lowest BCUT2D eigenvalue weighted by atomic mass is 10.2. The summed E-state index contributed by atoms with van der Waals surface area (Å²) in [4.78, 5) is 4.10. The second-order valence-electron chi connectivity index (χ2n) is 2.86. The van der Waals surface area contributed by atoms with Gasteiger partial charge in [0.25, 0.3) is 0 Å². The Bertz CT molecular complexity index is 395. The summed E-state index contributed by atoms with van der Waals surface area (Å²) in [5.41, 5.74) is 3.57. The lowest BCUT2D eigenvalue weighted by molar-refractivity contribution is 0.686. The number of pyridine rings is 1. The molecule has 0 saturated carbocycles. The molecule has 14 heavy (non-hydrogen) atoms. The summed E-state index contributed by atoms with van der Waals surface area (Å²) in [7, 11) is 0. The van der Waals surface area contributed by atoms with Crippen molar-refractivity contribution in [3.8, 4) is 0 Å². The Morgan fingerprint density at radius 3 is 3.00 bits per heavy atom. The van der Waals surface area contributed by atoms with Crippen LogP contribution in [-0.2, 0) is 6.54 Å². The molecule has 0 aromatic carbocycles. The summed E-state index contributed by atoms with van der Waals surface area (Å²) in [6.45, 7) is 0.667. The first-order valence-corrected chi connectivity index (χ1v) is 4.28. The van der Waals surface area contributed by atoms with Crippen molar-refractivity contribution in [3.05, 3.63) is 42.4 Å². The lowest BCUT2D eigenvalue weighted by Gasteiger charge is -2.06. The van der Waals surface area contributed by atoms with E-state index in [4.69, 9.17) is 5.84 Å². The Balaban J connectivity index is 2.24. The van der Waals surface area contributed by atoms with Crippen LogP contribution >= 0.6 is 0 Å². The topological polar surface area (TPSA) is 68.8 Å². The minimum absolute atomic E-state index is 0.667. The van der Waals surface area contributed by atoms with Gasteiger partial charge in [0.15, 0.2) is 0 Å². The maximum absolute atomic E-state index is 5.34. The highest BCUT2D eigenvalue weighted by Crippen LogP contribution is 2.10. The van der Waals surface area contributed by atoms with Gasteiger partial charge in [0.1, 0.15) is 5.82 Å². The fourth-order valence-electron chi connectivity index (χ4n) is 1.26. The number of nitrogen functional groups attached to an aromatic ring is 1. The zero-order valence-corrected chi connectivity index (χ0v) is 7.59. The molecule has 0 aliphatic carbocycles. The third-order valence-electron chi connectivity index (χ3n) is 1.92. The molecule has 2 aromatic heterocycles. The molecule has 0 atom stereocenters. The second-order valence-corrected chi connectivity index (χ2v) is 2.86. The van der Waals surface area contributed by atoms with Crippen LogP contribution in [0.1, 0.15) is 5.56 Å². The third-order valence-corrected chi connectivity index (χ3v) is 1.92. The van der Waals surface area contributed by atoms with Gasteiger partial charge in [0, 0.05) is 24.2 Å². The van der Waals surface area contributed by atoms with E-state index < -0.39 is 0 Å². The van der Waals surface area contributed by atoms with Gasteiger partial charge in [-0.15, -0.1) is 0 Å². The van der Waals surface area contributed by atoms with Crippen LogP contribution < -0.4 is 11.3 Å². The normalized spacial score (nSPS) is 10.1. The van der Waals surface area contributed by atoms with Crippen molar-refractivity contribution >= 4 is 5.82 Å². The molecular formula is C9H11N5. The van der Waals surface area contributed by atoms with Gasteiger partial charge >= 0.3 is 0 Å². The quantitative estimate of drug-likeness (QED) is 0.548. The molecule has 2 heterocycles. The first-order chi connectivity index (χ1) is 6.90. The van der Waals surface area contributed by atoms with E-state index in [1.807, 2.05) is 29.1 Å². The number of rotatable bonds is 3. The minimum atomic E-state index is 0.667. The monoisotopic (exact) mass is 189 g/mol. The SMILES string of the molecule is NNc1ncccc1Cn1cccn1. The van der Waals surface area contributed by atoms with Crippen LogP contribution in [0.5, 0.6) is 0 Å². The molecule has 72 valence electrons. The highest BCUT2D eigenvalue weighted by atomic mass is 15.3. The predicted molar refractivity (Wildman–Crippen MR) is 53.4 cm³/mol. The fourth-order valence-corrected chi connectivity index (χ4v) is 1.26. The fraction of sp³-hybridized carbons (Fsp3) is 0.111. The number of hydrogen-bond donors (Lipinski definition) is 2. The van der Waals surface area contributed by atoms with Crippen LogP contribution in [0.3, 0.4) is 0 Å². The Hall–Kier alpha value is -1.88. The largest absolute Gasteiger partial charge is 0.308 e. The van der Waals surface area contributed by atoms with Crippen LogP contribution in [0.4, 0.5) is 5.82 Å². The average Bonchev–Trinajstić information content (AvgIpc) is 2.71. The first-order valence-electron chi connectivity index (χ1n) is 4.28. The Morgan fingerprint density at radius 1 is 1.36 bits per heavy atom. The average molecular weight is 189 g/mol. The van der Waals surface area contributed by atoms with Crippen LogP contribution in [-0.4, -0.2) is 14.8 Å². The van der Waals surface area contributed by atoms with Gasteiger partial charge in [-0.3, -0.25) is 4.68 Å². The molecule has 0 amide bonds. The second kappa shape index (κ2) is 3.89. The van der Waals surface area contributed by atoms with Gasteiger partial charge in [-0.1, -0.05) is 6.07 Å². The van der Waals surface area contributed by atoms with E-state index in [-0.39, 0.29) is 0 Å². The molecule has 0 unspecified atom stereocenters. The molecule has 0 aliphatic rings. The van der Waals surface area contributed by atoms with E-state index in [9.17, 15) is 0 Å². The number of nitrogens with one attached hydrogen (secondary N) is 1. The number of anilines is 1. The van der Waals surface area contributed by atoms with Crippen LogP contribution in [0, 0.1) is 0 Å². The van der Waals surface area contributed by atoms with E-state index in [1.165, 1.54) is 0 Å². The smallest absolute Gasteiger partial charge is 0.144 e. The van der Waals surface area contributed by atoms with Gasteiger partial charge in [0.2, 0.25) is 0 Å². The van der Waals surface area contributed by atoms with Crippen molar-refractivity contribution in [1.82, 2.24) is 14.8 Å². The molecular weight excluding hydrogens is 178 g/mol. The predicted octanol–water partition coefficient (Wildman–Crippen LogP) is 0.612. The van der Waals surface area contributed by atoms with E-state index in [2.05, 4.69) is 15.5 Å². The summed E-state index contributed by atoms with van der Waals surface area (Å²) in [5, 5.41) is 4.11. The lowest BCUT2D eigenvalue weighted by Crippen LogP contribution is -2.12. The molecule has 0 fully saturated rings. The molecule has 5 nitrogen and oxygen atoms in total. The summed E-state index contributed by atoms with van der Waals surface area (Å²) in [6, 6.07) is 5.72. The first kappa shape index (κ1) is 8.71. The molecule has 3 N–H and O–H groups in total. The summed E-state index contributed by atoms with van der Waals surface area (Å²) >= 11 is 0. The molecule has 0 aliphatic heterocycles. The summed E-state index contributed by atoms with van der Waals surface area (Å²) < 4.78 is 1.82. The van der Waals surface area contributed by atoms with Crippen molar-refractivity contribution in [2.24, 2.45) is 5.84 Å². The maximum atomic E-state index is 5.34. The molecule has 0 saturated heterocycles. The Labute approximate surface area is 81.5 Å². The maximum Gasteiger partial charge on any atom is 0.144 e. The van der Waals surface area contributed by atoms with Gasteiger partial charge < -0.3 is 5.43 Å². The number of nitrogens with zero attached hydrogens (tertiary/aromatic N) is 3. The number of hydrazine groups is 1. The van der Waals surface area contributed by atoms with Crippen LogP contribution in [0.25, 0.3) is 0 Å². The third kappa shape index (κ3) is 1.72. The zero-order valence-electron chi connectivity index (χ0n) is 7.59. The molecule has 0 spiro atoms. The van der Waals surface area contributed by atoms with E-state index in [0.717, 1.165) is 5.56 Å². The molecule has 0 radical (unpaired) electrons. The van der Waals surface area contributed by atoms with Gasteiger partial charge in [-0.2, -0.15) is 5.10 Å². The van der Waals surface area contributed by atoms with Gasteiger partial charge in [-0.25, -0.2) is 10.8 Å². The van der Waals surface area contributed by atoms with Crippen molar-refractivity contribution in [1.29, 1.82) is 0 Å². The van der Waals surface area contributed by atoms with Crippen molar-refractivity contribution in [3.63, 3.8) is 0 Å². The van der Waals surface area contributed by atoms with E-state index in [1.54, 1.807) is 12.4 Å². The zero-order chi connectivity index (χ0) is 9.80. The summed E-state index contributed by atoms with van der Waals surface area (Å²) in [6.07, 6.45) is 5.33. The van der Waals surface area contributed by atoms with Crippen molar-refractivity contribution in [2.75, 3.05) is 5.43 Å². The van der Waals surface area contributed by atoms with Crippen molar-refractivity contribution in [2.45, 2.75) is 6.54 Å². The van der Waals surface area contributed by atoms with Crippen molar-refractivity contribution < 1.29 is 0 Å². The van der Waals surface area contributed by atoms with E-state index >= 15 is 0 Å². The van der Waals surface area contributed by atoms with Crippen LogP contribution in [0.15, 0.2) is 36.8 Å². The van der Waals surface area contributed by atoms with Crippen LogP contribution in [0.2, 0.25) is 0 Å². The van der Waals surface area contributed by atoms with E-state index in [0.29, 0.717) is 12.4 Å². The molecule has 5 heteroatoms. The Morgan fingerprint density at radius 2 is 2.29 bits per heavy atom. The minimum Gasteiger partial charge on any atom is -0.308 e. The highest BCUT2D eigenvalue weighted by molar-refractivity contribution is 5.42. The molecule has 2 rings (SSSR count). The highest BCUT2D eigenvalue weighted by Gasteiger charge is 2.01. The molecule has 0 bridgehead atoms. The standard InChI is InChI=1S/C9H11N5/c10-13-9-8(3-1-4-11-9)7-14-6-2-5-12-14/h1-6H,7,10H2,(H,11,13). The number of aromatic nitrogens is 3. The Kier molecular flexibility index (Phi) is 2.42.